The molecule has 0 aromatic carbocycles. The zero-order valence-corrected chi connectivity index (χ0v) is 14.3. The summed E-state index contributed by atoms with van der Waals surface area (Å²) in [6, 6.07) is 6.38. The average Bonchev–Trinajstić information content (AvgIpc) is 2.88. The lowest BCUT2D eigenvalue weighted by molar-refractivity contribution is 0.210. The molecule has 21 heavy (non-hydrogen) atoms. The molecule has 2 aromatic rings. The van der Waals surface area contributed by atoms with Crippen molar-refractivity contribution in [3.05, 3.63) is 28.1 Å². The molecular formula is C11H13BrN4O3S2. The molecule has 0 atom stereocenters. The van der Waals surface area contributed by atoms with Crippen LogP contribution in [0.3, 0.4) is 0 Å². The van der Waals surface area contributed by atoms with E-state index in [9.17, 15) is 8.42 Å². The van der Waals surface area contributed by atoms with Crippen molar-refractivity contribution in [3.8, 4) is 0 Å². The van der Waals surface area contributed by atoms with Gasteiger partial charge in [0.05, 0.1) is 10.4 Å². The fraction of sp³-hybridized carbons (Fsp3) is 0.273. The minimum Gasteiger partial charge on any atom is -0.383 e. The number of thiophene rings is 1. The number of anilines is 2. The van der Waals surface area contributed by atoms with E-state index in [1.165, 1.54) is 6.07 Å². The number of halogens is 1. The lowest BCUT2D eigenvalue weighted by Crippen LogP contribution is -2.14. The van der Waals surface area contributed by atoms with Gasteiger partial charge in [-0.1, -0.05) is 0 Å². The molecule has 0 saturated heterocycles. The summed E-state index contributed by atoms with van der Waals surface area (Å²) in [6.07, 6.45) is 0. The topological polar surface area (TPSA) is 93.2 Å². The highest BCUT2D eigenvalue weighted by Gasteiger charge is 2.17. The van der Waals surface area contributed by atoms with Crippen LogP contribution in [-0.2, 0) is 14.8 Å². The third-order valence-electron chi connectivity index (χ3n) is 2.33. The zero-order chi connectivity index (χ0) is 15.3. The minimum absolute atomic E-state index is 0.164. The molecule has 2 rings (SSSR count). The van der Waals surface area contributed by atoms with Crippen LogP contribution in [0.25, 0.3) is 0 Å². The SMILES string of the molecule is COCCNc1ccc(NS(=O)(=O)c2ccc(Br)s2)nn1. The number of nitrogens with one attached hydrogen (secondary N) is 2. The molecule has 2 N–H and O–H groups in total. The lowest BCUT2D eigenvalue weighted by atomic mass is 10.5. The first-order valence-electron chi connectivity index (χ1n) is 5.86. The van der Waals surface area contributed by atoms with Crippen LogP contribution in [0, 0.1) is 0 Å². The summed E-state index contributed by atoms with van der Waals surface area (Å²) in [7, 11) is -2.03. The highest BCUT2D eigenvalue weighted by Crippen LogP contribution is 2.27. The maximum absolute atomic E-state index is 12.1. The Morgan fingerprint density at radius 2 is 1.95 bits per heavy atom. The van der Waals surface area contributed by atoms with Gasteiger partial charge in [0.1, 0.15) is 10.0 Å². The van der Waals surface area contributed by atoms with Crippen molar-refractivity contribution in [2.24, 2.45) is 0 Å². The number of aromatic nitrogens is 2. The number of methoxy groups -OCH3 is 1. The van der Waals surface area contributed by atoms with Crippen LogP contribution in [0.1, 0.15) is 0 Å². The Bertz CT molecular complexity index is 688. The van der Waals surface area contributed by atoms with Gasteiger partial charge in [-0.3, -0.25) is 4.72 Å². The molecule has 7 nitrogen and oxygen atoms in total. The Balaban J connectivity index is 2.03. The third kappa shape index (κ3) is 4.63. The Morgan fingerprint density at radius 1 is 1.24 bits per heavy atom. The van der Waals surface area contributed by atoms with E-state index in [-0.39, 0.29) is 10.0 Å². The molecule has 0 aliphatic carbocycles. The van der Waals surface area contributed by atoms with Crippen LogP contribution in [-0.4, -0.2) is 38.9 Å². The summed E-state index contributed by atoms with van der Waals surface area (Å²) in [5.74, 6) is 0.714. The summed E-state index contributed by atoms with van der Waals surface area (Å²) >= 11 is 4.35. The predicted octanol–water partition coefficient (Wildman–Crippen LogP) is 2.16. The minimum atomic E-state index is -3.63. The summed E-state index contributed by atoms with van der Waals surface area (Å²) in [5.41, 5.74) is 0. The fourth-order valence-corrected chi connectivity index (χ4v) is 4.40. The average molecular weight is 393 g/mol. The van der Waals surface area contributed by atoms with E-state index in [4.69, 9.17) is 4.74 Å². The Hall–Kier alpha value is -1.23. The Morgan fingerprint density at radius 3 is 2.52 bits per heavy atom. The second kappa shape index (κ2) is 7.16. The monoisotopic (exact) mass is 392 g/mol. The predicted molar refractivity (Wildman–Crippen MR) is 85.2 cm³/mol. The zero-order valence-electron chi connectivity index (χ0n) is 11.0. The second-order valence-corrected chi connectivity index (χ2v) is 8.26. The van der Waals surface area contributed by atoms with E-state index in [1.807, 2.05) is 0 Å². The number of ether oxygens (including phenoxy) is 1. The van der Waals surface area contributed by atoms with Gasteiger partial charge in [-0.05, 0) is 40.2 Å². The molecule has 2 heterocycles. The molecule has 0 amide bonds. The number of rotatable bonds is 7. The van der Waals surface area contributed by atoms with Gasteiger partial charge < -0.3 is 10.1 Å². The first-order chi connectivity index (χ1) is 10.0. The molecular weight excluding hydrogens is 380 g/mol. The third-order valence-corrected chi connectivity index (χ3v) is 5.80. The molecule has 0 saturated carbocycles. The summed E-state index contributed by atoms with van der Waals surface area (Å²) < 4.78 is 32.4. The van der Waals surface area contributed by atoms with Gasteiger partial charge >= 0.3 is 0 Å². The molecule has 0 spiro atoms. The van der Waals surface area contributed by atoms with Crippen LogP contribution in [0.15, 0.2) is 32.3 Å². The second-order valence-electron chi connectivity index (χ2n) is 3.89. The normalized spacial score (nSPS) is 11.3. The molecule has 0 aliphatic heterocycles. The highest BCUT2D eigenvalue weighted by atomic mass is 79.9. The summed E-state index contributed by atoms with van der Waals surface area (Å²) in [4.78, 5) is 0. The molecule has 0 fully saturated rings. The molecule has 0 unspecified atom stereocenters. The van der Waals surface area contributed by atoms with E-state index in [1.54, 1.807) is 25.3 Å². The van der Waals surface area contributed by atoms with Crippen molar-refractivity contribution in [2.75, 3.05) is 30.3 Å². The van der Waals surface area contributed by atoms with Crippen LogP contribution in [0.5, 0.6) is 0 Å². The summed E-state index contributed by atoms with van der Waals surface area (Å²) in [5, 5.41) is 10.7. The largest absolute Gasteiger partial charge is 0.383 e. The maximum Gasteiger partial charge on any atom is 0.272 e. The van der Waals surface area contributed by atoms with Crippen LogP contribution in [0.4, 0.5) is 11.6 Å². The van der Waals surface area contributed by atoms with E-state index in [0.717, 1.165) is 15.1 Å². The van der Waals surface area contributed by atoms with Crippen LogP contribution >= 0.6 is 27.3 Å². The van der Waals surface area contributed by atoms with Gasteiger partial charge in [0.15, 0.2) is 5.82 Å². The fourth-order valence-electron chi connectivity index (χ4n) is 1.39. The molecule has 0 radical (unpaired) electrons. The quantitative estimate of drug-likeness (QED) is 0.701. The Labute approximate surface area is 134 Å². The molecule has 0 aliphatic rings. The van der Waals surface area contributed by atoms with Gasteiger partial charge in [-0.15, -0.1) is 21.5 Å². The number of nitrogens with zero attached hydrogens (tertiary/aromatic N) is 2. The molecule has 114 valence electrons. The van der Waals surface area contributed by atoms with Gasteiger partial charge in [0.2, 0.25) is 0 Å². The molecule has 0 bridgehead atoms. The van der Waals surface area contributed by atoms with Gasteiger partial charge in [0.25, 0.3) is 10.0 Å². The van der Waals surface area contributed by atoms with E-state index >= 15 is 0 Å². The van der Waals surface area contributed by atoms with Crippen molar-refractivity contribution in [2.45, 2.75) is 4.21 Å². The first-order valence-corrected chi connectivity index (χ1v) is 8.95. The van der Waals surface area contributed by atoms with Crippen molar-refractivity contribution in [1.29, 1.82) is 0 Å². The maximum atomic E-state index is 12.1. The molecule has 10 heteroatoms. The smallest absolute Gasteiger partial charge is 0.272 e. The van der Waals surface area contributed by atoms with E-state index in [2.05, 4.69) is 36.2 Å². The lowest BCUT2D eigenvalue weighted by Gasteiger charge is -2.06. The number of sulfonamides is 1. The van der Waals surface area contributed by atoms with Crippen LogP contribution < -0.4 is 10.0 Å². The van der Waals surface area contributed by atoms with Gasteiger partial charge in [0, 0.05) is 13.7 Å². The summed E-state index contributed by atoms with van der Waals surface area (Å²) in [6.45, 7) is 1.14. The standard InChI is InChI=1S/C11H13BrN4O3S2/c1-19-7-6-13-9-3-4-10(15-14-9)16-21(17,18)11-5-2-8(12)20-11/h2-5H,6-7H2,1H3,(H,13,14)(H,15,16). The highest BCUT2D eigenvalue weighted by molar-refractivity contribution is 9.11. The number of hydrogen-bond donors (Lipinski definition) is 2. The Kier molecular flexibility index (Phi) is 5.51. The van der Waals surface area contributed by atoms with Crippen molar-refractivity contribution < 1.29 is 13.2 Å². The van der Waals surface area contributed by atoms with E-state index < -0.39 is 10.0 Å². The van der Waals surface area contributed by atoms with Crippen LogP contribution in [0.2, 0.25) is 0 Å². The van der Waals surface area contributed by atoms with Gasteiger partial charge in [-0.2, -0.15) is 0 Å². The number of hydrogen-bond acceptors (Lipinski definition) is 7. The first kappa shape index (κ1) is 16.1. The van der Waals surface area contributed by atoms with Gasteiger partial charge in [-0.25, -0.2) is 8.42 Å². The molecule has 2 aromatic heterocycles. The van der Waals surface area contributed by atoms with Crippen molar-refractivity contribution >= 4 is 48.9 Å². The van der Waals surface area contributed by atoms with Crippen molar-refractivity contribution in [1.82, 2.24) is 10.2 Å². The van der Waals surface area contributed by atoms with Crippen molar-refractivity contribution in [3.63, 3.8) is 0 Å². The van der Waals surface area contributed by atoms with E-state index in [0.29, 0.717) is 19.0 Å².